The summed E-state index contributed by atoms with van der Waals surface area (Å²) in [6.07, 6.45) is 2.44. The molecule has 3 fully saturated rings. The van der Waals surface area contributed by atoms with Crippen molar-refractivity contribution in [1.82, 2.24) is 0 Å². The molecule has 0 bridgehead atoms. The molecule has 1 saturated carbocycles. The highest BCUT2D eigenvalue weighted by Gasteiger charge is 2.84. The van der Waals surface area contributed by atoms with Gasteiger partial charge in [0, 0.05) is 5.41 Å². The van der Waals surface area contributed by atoms with Gasteiger partial charge in [0.15, 0.2) is 17.0 Å². The number of aliphatic hydroxyl groups excluding tert-OH is 2. The van der Waals surface area contributed by atoms with Gasteiger partial charge in [0.1, 0.15) is 6.10 Å². The van der Waals surface area contributed by atoms with Crippen LogP contribution in [0, 0.1) is 11.3 Å². The molecule has 110 valence electrons. The van der Waals surface area contributed by atoms with Crippen molar-refractivity contribution in [3.8, 4) is 0 Å². The summed E-state index contributed by atoms with van der Waals surface area (Å²) in [5, 5.41) is 19.8. The molecule has 2 N–H and O–H groups in total. The van der Waals surface area contributed by atoms with Crippen molar-refractivity contribution in [2.45, 2.75) is 50.1 Å². The van der Waals surface area contributed by atoms with Gasteiger partial charge >= 0.3 is 0 Å². The Kier molecular flexibility index (Phi) is 2.28. The van der Waals surface area contributed by atoms with Crippen molar-refractivity contribution in [1.29, 1.82) is 0 Å². The van der Waals surface area contributed by atoms with Crippen LogP contribution in [-0.4, -0.2) is 52.6 Å². The first-order valence-corrected chi connectivity index (χ1v) is 7.28. The normalized spacial score (nSPS) is 56.7. The molecule has 6 atom stereocenters. The summed E-state index contributed by atoms with van der Waals surface area (Å²) in [6, 6.07) is 0. The van der Waals surface area contributed by atoms with Gasteiger partial charge in [0.05, 0.1) is 19.3 Å². The van der Waals surface area contributed by atoms with Gasteiger partial charge in [-0.3, -0.25) is 4.79 Å². The zero-order chi connectivity index (χ0) is 14.3. The Morgan fingerprint density at radius 1 is 1.50 bits per heavy atom. The van der Waals surface area contributed by atoms with Crippen molar-refractivity contribution in [2.24, 2.45) is 11.3 Å². The summed E-state index contributed by atoms with van der Waals surface area (Å²) in [6.45, 7) is 4.24. The van der Waals surface area contributed by atoms with Crippen LogP contribution in [0.5, 0.6) is 0 Å². The van der Waals surface area contributed by atoms with Crippen LogP contribution < -0.4 is 0 Å². The van der Waals surface area contributed by atoms with Crippen LogP contribution >= 0.6 is 0 Å². The van der Waals surface area contributed by atoms with Crippen LogP contribution in [0.4, 0.5) is 0 Å². The number of aliphatic hydroxyl groups is 2. The third-order valence-corrected chi connectivity index (χ3v) is 6.18. The number of hydrogen-bond donors (Lipinski definition) is 2. The molecule has 0 aromatic rings. The second-order valence-electron chi connectivity index (χ2n) is 6.89. The molecule has 1 unspecified atom stereocenters. The lowest BCUT2D eigenvalue weighted by Crippen LogP contribution is -2.55. The predicted octanol–water partition coefficient (Wildman–Crippen LogP) is 0.192. The number of fused-ring (bicyclic) bond motifs is 3. The number of ether oxygens (including phenoxy) is 2. The number of epoxide rings is 2. The first-order valence-electron chi connectivity index (χ1n) is 7.28. The van der Waals surface area contributed by atoms with Gasteiger partial charge in [-0.1, -0.05) is 19.4 Å². The SMILES string of the molecule is C[C@H]1[C@H](O)CCC2=CC(=O)C3([C@@]4(CO)CO4)O[C@@H]3[C@@]21C. The topological polar surface area (TPSA) is 82.6 Å². The van der Waals surface area contributed by atoms with E-state index in [1.54, 1.807) is 6.08 Å². The van der Waals surface area contributed by atoms with E-state index in [1.807, 2.05) is 6.92 Å². The number of ketones is 1. The van der Waals surface area contributed by atoms with Crippen LogP contribution in [0.2, 0.25) is 0 Å². The average Bonchev–Trinajstić information content (AvgIpc) is 3.29. The third-order valence-electron chi connectivity index (χ3n) is 6.18. The van der Waals surface area contributed by atoms with Crippen molar-refractivity contribution in [3.63, 3.8) is 0 Å². The summed E-state index contributed by atoms with van der Waals surface area (Å²) >= 11 is 0. The molecule has 0 aromatic heterocycles. The van der Waals surface area contributed by atoms with Gasteiger partial charge in [-0.05, 0) is 24.8 Å². The van der Waals surface area contributed by atoms with E-state index in [2.05, 4.69) is 6.92 Å². The zero-order valence-electron chi connectivity index (χ0n) is 11.8. The quantitative estimate of drug-likeness (QED) is 0.706. The molecule has 2 heterocycles. The van der Waals surface area contributed by atoms with Crippen LogP contribution in [0.25, 0.3) is 0 Å². The molecule has 4 rings (SSSR count). The fraction of sp³-hybridized carbons (Fsp3) is 0.800. The summed E-state index contributed by atoms with van der Waals surface area (Å²) in [4.78, 5) is 12.5. The molecule has 0 amide bonds. The van der Waals surface area contributed by atoms with Crippen LogP contribution in [0.1, 0.15) is 26.7 Å². The highest BCUT2D eigenvalue weighted by atomic mass is 16.7. The Hall–Kier alpha value is -0.750. The molecule has 4 aliphatic rings. The number of carbonyl (C=O) groups excluding carboxylic acids is 1. The molecule has 2 aliphatic heterocycles. The Labute approximate surface area is 117 Å². The van der Waals surface area contributed by atoms with Gasteiger partial charge < -0.3 is 19.7 Å². The van der Waals surface area contributed by atoms with Crippen LogP contribution in [0.15, 0.2) is 11.6 Å². The van der Waals surface area contributed by atoms with Gasteiger partial charge in [-0.15, -0.1) is 0 Å². The lowest BCUT2D eigenvalue weighted by Gasteiger charge is -2.46. The Morgan fingerprint density at radius 2 is 2.20 bits per heavy atom. The molecule has 20 heavy (non-hydrogen) atoms. The van der Waals surface area contributed by atoms with Crippen LogP contribution in [-0.2, 0) is 14.3 Å². The highest BCUT2D eigenvalue weighted by molar-refractivity contribution is 6.03. The highest BCUT2D eigenvalue weighted by Crippen LogP contribution is 2.67. The third kappa shape index (κ3) is 1.18. The second kappa shape index (κ2) is 3.53. The summed E-state index contributed by atoms with van der Waals surface area (Å²) in [5.74, 6) is -0.0536. The summed E-state index contributed by atoms with van der Waals surface area (Å²) < 4.78 is 11.3. The van der Waals surface area contributed by atoms with Crippen molar-refractivity contribution in [3.05, 3.63) is 11.6 Å². The van der Waals surface area contributed by atoms with Crippen LogP contribution in [0.3, 0.4) is 0 Å². The lowest BCUT2D eigenvalue weighted by molar-refractivity contribution is -0.123. The fourth-order valence-electron chi connectivity index (χ4n) is 4.38. The van der Waals surface area contributed by atoms with Crippen molar-refractivity contribution >= 4 is 5.78 Å². The van der Waals surface area contributed by atoms with Gasteiger partial charge in [0.25, 0.3) is 0 Å². The van der Waals surface area contributed by atoms with Crippen molar-refractivity contribution in [2.75, 3.05) is 13.2 Å². The minimum absolute atomic E-state index is 0.0250. The van der Waals surface area contributed by atoms with E-state index in [0.29, 0.717) is 13.0 Å². The first kappa shape index (κ1) is 13.0. The summed E-state index contributed by atoms with van der Waals surface area (Å²) in [7, 11) is 0. The van der Waals surface area contributed by atoms with Crippen molar-refractivity contribution < 1.29 is 24.5 Å². The van der Waals surface area contributed by atoms with Gasteiger partial charge in [0.2, 0.25) is 0 Å². The molecule has 2 aliphatic carbocycles. The van der Waals surface area contributed by atoms with E-state index in [-0.39, 0.29) is 35.9 Å². The Balaban J connectivity index is 1.81. The smallest absolute Gasteiger partial charge is 0.193 e. The molecular formula is C15H20O5. The van der Waals surface area contributed by atoms with E-state index in [4.69, 9.17) is 9.47 Å². The standard InChI is InChI=1S/C15H20O5/c1-8-10(17)4-3-9-5-11(18)15(14(6-16)7-19-14)12(20-15)13(8,9)2/h5,8,10,12,16-17H,3-4,6-7H2,1-2H3/t8-,10+,12+,13+,14+,15?/m0/s1. The molecule has 0 radical (unpaired) electrons. The lowest BCUT2D eigenvalue weighted by atomic mass is 9.56. The fourth-order valence-corrected chi connectivity index (χ4v) is 4.38. The largest absolute Gasteiger partial charge is 0.393 e. The maximum atomic E-state index is 12.5. The first-order chi connectivity index (χ1) is 9.42. The number of carbonyl (C=O) groups is 1. The molecule has 0 aromatic carbocycles. The minimum Gasteiger partial charge on any atom is -0.393 e. The molecule has 5 nitrogen and oxygen atoms in total. The minimum atomic E-state index is -1.02. The van der Waals surface area contributed by atoms with E-state index in [9.17, 15) is 15.0 Å². The van der Waals surface area contributed by atoms with Gasteiger partial charge in [-0.25, -0.2) is 0 Å². The summed E-state index contributed by atoms with van der Waals surface area (Å²) in [5.41, 5.74) is -1.15. The van der Waals surface area contributed by atoms with E-state index in [0.717, 1.165) is 12.0 Å². The Bertz CT molecular complexity index is 522. The molecular weight excluding hydrogens is 260 g/mol. The number of rotatable bonds is 2. The second-order valence-corrected chi connectivity index (χ2v) is 6.89. The van der Waals surface area contributed by atoms with Gasteiger partial charge in [-0.2, -0.15) is 0 Å². The monoisotopic (exact) mass is 280 g/mol. The maximum Gasteiger partial charge on any atom is 0.193 e. The van der Waals surface area contributed by atoms with E-state index < -0.39 is 11.2 Å². The molecule has 0 spiro atoms. The maximum absolute atomic E-state index is 12.5. The van der Waals surface area contributed by atoms with E-state index >= 15 is 0 Å². The number of hydrogen-bond acceptors (Lipinski definition) is 5. The molecule has 2 saturated heterocycles. The zero-order valence-corrected chi connectivity index (χ0v) is 11.8. The molecule has 5 heteroatoms. The Morgan fingerprint density at radius 3 is 2.80 bits per heavy atom. The predicted molar refractivity (Wildman–Crippen MR) is 69.0 cm³/mol. The average molecular weight is 280 g/mol. The van der Waals surface area contributed by atoms with E-state index in [1.165, 1.54) is 0 Å².